The van der Waals surface area contributed by atoms with Gasteiger partial charge in [0.25, 0.3) is 0 Å². The van der Waals surface area contributed by atoms with Gasteiger partial charge >= 0.3 is 0 Å². The lowest BCUT2D eigenvalue weighted by Gasteiger charge is -2.11. The second-order valence-electron chi connectivity index (χ2n) is 2.35. The molecule has 3 N–H and O–H groups in total. The maximum Gasteiger partial charge on any atom is 0.186 e. The van der Waals surface area contributed by atoms with E-state index in [4.69, 9.17) is 10.4 Å². The predicted octanol–water partition coefficient (Wildman–Crippen LogP) is 0.577. The molecule has 0 amide bonds. The van der Waals surface area contributed by atoms with E-state index in [0.717, 1.165) is 5.69 Å². The molecule has 0 radical (unpaired) electrons. The summed E-state index contributed by atoms with van der Waals surface area (Å²) in [5, 5.41) is 1.43. The van der Waals surface area contributed by atoms with Crippen LogP contribution in [-0.2, 0) is 11.1 Å². The van der Waals surface area contributed by atoms with Gasteiger partial charge in [-0.1, -0.05) is 0 Å². The summed E-state index contributed by atoms with van der Waals surface area (Å²) in [5.41, 5.74) is 0.796. The fraction of sp³-hybridized carbons (Fsp3) is 0.143. The number of benzene rings is 1. The number of hydrogen-bond donors (Lipinski definition) is 2. The van der Waals surface area contributed by atoms with Crippen LogP contribution in [0.15, 0.2) is 29.2 Å². The van der Waals surface area contributed by atoms with Crippen molar-refractivity contribution in [3.63, 3.8) is 0 Å². The zero-order valence-corrected chi connectivity index (χ0v) is 7.41. The summed E-state index contributed by atoms with van der Waals surface area (Å²) in [6.07, 6.45) is 0. The first-order valence-electron chi connectivity index (χ1n) is 3.30. The van der Waals surface area contributed by atoms with E-state index in [1.807, 2.05) is 0 Å². The molecule has 0 aromatic heterocycles. The number of rotatable bonds is 2. The van der Waals surface area contributed by atoms with Crippen LogP contribution in [0.5, 0.6) is 0 Å². The van der Waals surface area contributed by atoms with Crippen molar-refractivity contribution in [3.05, 3.63) is 24.3 Å². The summed E-state index contributed by atoms with van der Waals surface area (Å²) >= 11 is -1.91. The summed E-state index contributed by atoms with van der Waals surface area (Å²) < 4.78 is 19.2. The van der Waals surface area contributed by atoms with Gasteiger partial charge in [-0.15, -0.1) is 0 Å². The molecule has 0 bridgehead atoms. The second kappa shape index (κ2) is 3.66. The second-order valence-corrected chi connectivity index (χ2v) is 3.32. The summed E-state index contributed by atoms with van der Waals surface area (Å²) in [7, 11) is 1.70. The molecule has 0 heterocycles. The summed E-state index contributed by atoms with van der Waals surface area (Å²) in [4.78, 5) is 0.376. The molecule has 0 saturated carbocycles. The summed E-state index contributed by atoms with van der Waals surface area (Å²) in [6, 6.07) is 6.50. The van der Waals surface area contributed by atoms with Crippen molar-refractivity contribution in [1.82, 2.24) is 0 Å². The van der Waals surface area contributed by atoms with Crippen molar-refractivity contribution in [2.24, 2.45) is 5.84 Å². The highest BCUT2D eigenvalue weighted by Gasteiger charge is 1.99. The van der Waals surface area contributed by atoms with E-state index in [0.29, 0.717) is 4.90 Å². The quantitative estimate of drug-likeness (QED) is 0.403. The zero-order valence-electron chi connectivity index (χ0n) is 6.60. The minimum absolute atomic E-state index is 0.376. The molecule has 12 heavy (non-hydrogen) atoms. The molecule has 66 valence electrons. The Balaban J connectivity index is 2.93. The summed E-state index contributed by atoms with van der Waals surface area (Å²) in [5.74, 6) is 5.43. The monoisotopic (exact) mass is 186 g/mol. The Hall–Kier alpha value is -0.910. The van der Waals surface area contributed by atoms with Gasteiger partial charge in [0.2, 0.25) is 0 Å². The molecule has 0 aliphatic carbocycles. The molecule has 5 heteroatoms. The van der Waals surface area contributed by atoms with Crippen LogP contribution >= 0.6 is 0 Å². The zero-order chi connectivity index (χ0) is 9.14. The molecule has 1 rings (SSSR count). The van der Waals surface area contributed by atoms with Gasteiger partial charge in [-0.3, -0.25) is 0 Å². The van der Waals surface area contributed by atoms with E-state index < -0.39 is 11.1 Å². The van der Waals surface area contributed by atoms with E-state index in [1.165, 1.54) is 5.01 Å². The Morgan fingerprint density at radius 3 is 2.25 bits per heavy atom. The fourth-order valence-corrected chi connectivity index (χ4v) is 1.17. The van der Waals surface area contributed by atoms with Gasteiger partial charge in [0.05, 0.1) is 10.6 Å². The normalized spacial score (nSPS) is 12.6. The van der Waals surface area contributed by atoms with Gasteiger partial charge in [0.15, 0.2) is 11.1 Å². The Morgan fingerprint density at radius 2 is 1.92 bits per heavy atom. The molecule has 0 fully saturated rings. The standard InChI is InChI=1S/C7H10N2O2S/c1-9(8)6-2-4-7(5-3-6)12(10)11/h2-5H,8H2,1H3,(H,10,11). The molecule has 4 nitrogen and oxygen atoms in total. The molecule has 0 saturated heterocycles. The molecule has 0 aliphatic heterocycles. The average molecular weight is 186 g/mol. The number of hydrazine groups is 1. The van der Waals surface area contributed by atoms with Gasteiger partial charge in [-0.25, -0.2) is 10.1 Å². The fourth-order valence-electron chi connectivity index (χ4n) is 0.798. The van der Waals surface area contributed by atoms with Gasteiger partial charge in [0.1, 0.15) is 0 Å². The third-order valence-electron chi connectivity index (χ3n) is 1.45. The number of hydrogen-bond acceptors (Lipinski definition) is 3. The van der Waals surface area contributed by atoms with Crippen LogP contribution in [0.1, 0.15) is 0 Å². The first-order valence-corrected chi connectivity index (χ1v) is 4.41. The smallest absolute Gasteiger partial charge is 0.186 e. The highest BCUT2D eigenvalue weighted by Crippen LogP contribution is 2.12. The molecule has 1 aromatic rings. The van der Waals surface area contributed by atoms with Crippen LogP contribution in [0.2, 0.25) is 0 Å². The van der Waals surface area contributed by atoms with Crippen molar-refractivity contribution in [3.8, 4) is 0 Å². The van der Waals surface area contributed by atoms with E-state index in [9.17, 15) is 4.21 Å². The third-order valence-corrected chi connectivity index (χ3v) is 2.12. The van der Waals surface area contributed by atoms with Crippen molar-refractivity contribution in [2.75, 3.05) is 12.1 Å². The van der Waals surface area contributed by atoms with Crippen LogP contribution in [0.4, 0.5) is 5.69 Å². The molecular weight excluding hydrogens is 176 g/mol. The van der Waals surface area contributed by atoms with Gasteiger partial charge in [0, 0.05) is 7.05 Å². The van der Waals surface area contributed by atoms with Crippen LogP contribution in [0, 0.1) is 0 Å². The number of nitrogens with zero attached hydrogens (tertiary/aromatic N) is 1. The lowest BCUT2D eigenvalue weighted by atomic mass is 10.3. The van der Waals surface area contributed by atoms with E-state index in [1.54, 1.807) is 31.3 Å². The molecule has 1 unspecified atom stereocenters. The highest BCUT2D eigenvalue weighted by atomic mass is 32.2. The first kappa shape index (κ1) is 9.18. The van der Waals surface area contributed by atoms with Crippen LogP contribution in [-0.4, -0.2) is 15.8 Å². The Labute approximate surface area is 73.2 Å². The van der Waals surface area contributed by atoms with E-state index in [2.05, 4.69) is 0 Å². The SMILES string of the molecule is CN(N)c1ccc(S(=O)O)cc1. The Kier molecular flexibility index (Phi) is 2.80. The topological polar surface area (TPSA) is 66.6 Å². The first-order chi connectivity index (χ1) is 5.61. The van der Waals surface area contributed by atoms with Crippen LogP contribution in [0.3, 0.4) is 0 Å². The maximum absolute atomic E-state index is 10.5. The van der Waals surface area contributed by atoms with Crippen LogP contribution < -0.4 is 10.9 Å². The van der Waals surface area contributed by atoms with Crippen molar-refractivity contribution < 1.29 is 8.76 Å². The van der Waals surface area contributed by atoms with Crippen molar-refractivity contribution in [2.45, 2.75) is 4.90 Å². The molecule has 0 spiro atoms. The molecular formula is C7H10N2O2S. The van der Waals surface area contributed by atoms with Crippen LogP contribution in [0.25, 0.3) is 0 Å². The van der Waals surface area contributed by atoms with Gasteiger partial charge < -0.3 is 9.56 Å². The van der Waals surface area contributed by atoms with Crippen molar-refractivity contribution in [1.29, 1.82) is 0 Å². The summed E-state index contributed by atoms with van der Waals surface area (Å²) in [6.45, 7) is 0. The van der Waals surface area contributed by atoms with Gasteiger partial charge in [-0.05, 0) is 24.3 Å². The maximum atomic E-state index is 10.5. The lowest BCUT2D eigenvalue weighted by Crippen LogP contribution is -2.24. The Morgan fingerprint density at radius 1 is 1.42 bits per heavy atom. The largest absolute Gasteiger partial charge is 0.314 e. The molecule has 0 aliphatic rings. The Bertz CT molecular complexity index is 284. The average Bonchev–Trinajstić information content (AvgIpc) is 2.04. The minimum Gasteiger partial charge on any atom is -0.314 e. The lowest BCUT2D eigenvalue weighted by molar-refractivity contribution is 0.564. The minimum atomic E-state index is -1.91. The van der Waals surface area contributed by atoms with E-state index >= 15 is 0 Å². The van der Waals surface area contributed by atoms with Gasteiger partial charge in [-0.2, -0.15) is 0 Å². The molecule has 1 atom stereocenters. The third kappa shape index (κ3) is 2.04. The molecule has 1 aromatic carbocycles. The van der Waals surface area contributed by atoms with Crippen molar-refractivity contribution >= 4 is 16.8 Å². The highest BCUT2D eigenvalue weighted by molar-refractivity contribution is 7.79. The number of nitrogens with two attached hydrogens (primary N) is 1. The number of anilines is 1. The predicted molar refractivity (Wildman–Crippen MR) is 48.1 cm³/mol. The van der Waals surface area contributed by atoms with E-state index in [-0.39, 0.29) is 0 Å².